The molecule has 3 heterocycles. The lowest BCUT2D eigenvalue weighted by Gasteiger charge is -2.37. The second-order valence-corrected chi connectivity index (χ2v) is 13.4. The fourth-order valence-electron chi connectivity index (χ4n) is 6.76. The number of anilines is 1. The molecular formula is C31H39Cl2FN4O3. The summed E-state index contributed by atoms with van der Waals surface area (Å²) in [5.74, 6) is -1.99. The first-order valence-corrected chi connectivity index (χ1v) is 15.2. The van der Waals surface area contributed by atoms with Gasteiger partial charge in [-0.2, -0.15) is 0 Å². The second kappa shape index (κ2) is 12.2. The van der Waals surface area contributed by atoms with Crippen molar-refractivity contribution in [2.75, 3.05) is 44.7 Å². The van der Waals surface area contributed by atoms with Gasteiger partial charge in [-0.05, 0) is 60.5 Å². The van der Waals surface area contributed by atoms with Crippen molar-refractivity contribution in [1.82, 2.24) is 15.5 Å². The van der Waals surface area contributed by atoms with Gasteiger partial charge in [0.2, 0.25) is 11.8 Å². The van der Waals surface area contributed by atoms with E-state index in [0.717, 1.165) is 45.7 Å². The molecule has 2 amide bonds. The van der Waals surface area contributed by atoms with Gasteiger partial charge in [0, 0.05) is 42.3 Å². The molecule has 10 heteroatoms. The number of halogens is 3. The van der Waals surface area contributed by atoms with Crippen LogP contribution in [0.25, 0.3) is 0 Å². The van der Waals surface area contributed by atoms with Crippen molar-refractivity contribution in [3.05, 3.63) is 63.4 Å². The Morgan fingerprint density at radius 3 is 2.66 bits per heavy atom. The van der Waals surface area contributed by atoms with Crippen LogP contribution in [-0.2, 0) is 19.7 Å². The summed E-state index contributed by atoms with van der Waals surface area (Å²) in [6, 6.07) is 8.75. The van der Waals surface area contributed by atoms with Gasteiger partial charge in [-0.3, -0.25) is 14.5 Å². The van der Waals surface area contributed by atoms with Crippen LogP contribution in [0, 0.1) is 11.2 Å². The molecular weight excluding hydrogens is 566 g/mol. The van der Waals surface area contributed by atoms with E-state index < -0.39 is 29.2 Å². The molecule has 0 aromatic heterocycles. The van der Waals surface area contributed by atoms with Gasteiger partial charge in [0.1, 0.15) is 11.2 Å². The van der Waals surface area contributed by atoms with Crippen molar-refractivity contribution >= 4 is 40.7 Å². The molecule has 0 bridgehead atoms. The zero-order valence-corrected chi connectivity index (χ0v) is 25.4. The summed E-state index contributed by atoms with van der Waals surface area (Å²) < 4.78 is 21.2. The van der Waals surface area contributed by atoms with E-state index in [9.17, 15) is 9.59 Å². The molecule has 2 aromatic carbocycles. The van der Waals surface area contributed by atoms with Crippen LogP contribution >= 0.6 is 23.2 Å². The smallest absolute Gasteiger partial charge is 0.237 e. The Kier molecular flexibility index (Phi) is 8.98. The Morgan fingerprint density at radius 1 is 1.17 bits per heavy atom. The zero-order chi connectivity index (χ0) is 29.4. The van der Waals surface area contributed by atoms with E-state index in [2.05, 4.69) is 41.6 Å². The molecule has 2 aromatic rings. The normalized spacial score (nSPS) is 26.3. The van der Waals surface area contributed by atoms with Crippen molar-refractivity contribution in [2.24, 2.45) is 5.41 Å². The average Bonchev–Trinajstić information content (AvgIpc) is 3.39. The molecule has 41 heavy (non-hydrogen) atoms. The monoisotopic (exact) mass is 604 g/mol. The van der Waals surface area contributed by atoms with E-state index in [0.29, 0.717) is 29.2 Å². The van der Waals surface area contributed by atoms with Crippen molar-refractivity contribution in [1.29, 1.82) is 0 Å². The predicted octanol–water partition coefficient (Wildman–Crippen LogP) is 5.11. The molecule has 5 rings (SSSR count). The highest BCUT2D eigenvalue weighted by Gasteiger charge is 2.66. The minimum Gasteiger partial charge on any atom is -0.379 e. The number of ether oxygens (including phenoxy) is 1. The SMILES string of the molecule is CC(C)(C)CC1NC(C(=O)NCCCCN2CCOCC2)C(c2cccc(Cl)c2F)C12C(=O)Nc1cc(Cl)ccc12. The number of nitrogens with zero attached hydrogens (tertiary/aromatic N) is 1. The largest absolute Gasteiger partial charge is 0.379 e. The van der Waals surface area contributed by atoms with E-state index in [1.54, 1.807) is 24.3 Å². The molecule has 3 aliphatic heterocycles. The lowest BCUT2D eigenvalue weighted by molar-refractivity contribution is -0.123. The number of nitrogens with one attached hydrogen (secondary N) is 3. The first kappa shape index (κ1) is 30.2. The van der Waals surface area contributed by atoms with Crippen LogP contribution in [0.1, 0.15) is 57.1 Å². The van der Waals surface area contributed by atoms with Gasteiger partial charge in [-0.1, -0.05) is 62.2 Å². The first-order chi connectivity index (χ1) is 19.5. The molecule has 0 radical (unpaired) electrons. The van der Waals surface area contributed by atoms with Crippen LogP contribution in [0.3, 0.4) is 0 Å². The highest BCUT2D eigenvalue weighted by molar-refractivity contribution is 6.31. The van der Waals surface area contributed by atoms with Crippen molar-refractivity contribution < 1.29 is 18.7 Å². The molecule has 0 aliphatic carbocycles. The summed E-state index contributed by atoms with van der Waals surface area (Å²) >= 11 is 12.6. The summed E-state index contributed by atoms with van der Waals surface area (Å²) in [5.41, 5.74) is 0.0879. The van der Waals surface area contributed by atoms with Gasteiger partial charge >= 0.3 is 0 Å². The Balaban J connectivity index is 1.48. The highest BCUT2D eigenvalue weighted by Crippen LogP contribution is 2.57. The van der Waals surface area contributed by atoms with E-state index in [-0.39, 0.29) is 27.8 Å². The molecule has 4 unspecified atom stereocenters. The maximum atomic E-state index is 15.8. The third-order valence-corrected chi connectivity index (χ3v) is 9.05. The number of benzene rings is 2. The highest BCUT2D eigenvalue weighted by atomic mass is 35.5. The van der Waals surface area contributed by atoms with Gasteiger partial charge < -0.3 is 20.7 Å². The fraction of sp³-hybridized carbons (Fsp3) is 0.548. The van der Waals surface area contributed by atoms with Gasteiger partial charge in [0.05, 0.1) is 24.3 Å². The standard InChI is InChI=1S/C31H39Cl2FN4O3/c1-30(2,3)18-24-31(21-10-9-19(32)17-23(21)36-29(31)40)25(20-7-6-8-22(33)26(20)34)27(37-24)28(39)35-11-4-5-12-38-13-15-41-16-14-38/h6-10,17,24-25,27,37H,4-5,11-16,18H2,1-3H3,(H,35,39)(H,36,40). The molecule has 2 saturated heterocycles. The van der Waals surface area contributed by atoms with Crippen LogP contribution in [0.15, 0.2) is 36.4 Å². The molecule has 1 spiro atoms. The maximum Gasteiger partial charge on any atom is 0.237 e. The molecule has 3 aliphatic rings. The number of morpholine rings is 1. The molecule has 2 fully saturated rings. The van der Waals surface area contributed by atoms with Crippen LogP contribution in [-0.4, -0.2) is 68.2 Å². The van der Waals surface area contributed by atoms with Gasteiger partial charge in [0.25, 0.3) is 0 Å². The minimum atomic E-state index is -1.25. The lowest BCUT2D eigenvalue weighted by atomic mass is 9.62. The summed E-state index contributed by atoms with van der Waals surface area (Å²) in [5, 5.41) is 10.0. The number of fused-ring (bicyclic) bond motifs is 2. The number of unbranched alkanes of at least 4 members (excludes halogenated alkanes) is 1. The summed E-state index contributed by atoms with van der Waals surface area (Å²) in [6.45, 7) is 11.1. The number of hydrogen-bond acceptors (Lipinski definition) is 5. The number of carbonyl (C=O) groups excluding carboxylic acids is 2. The van der Waals surface area contributed by atoms with Crippen LogP contribution < -0.4 is 16.0 Å². The Morgan fingerprint density at radius 2 is 1.93 bits per heavy atom. The average molecular weight is 606 g/mol. The predicted molar refractivity (Wildman–Crippen MR) is 160 cm³/mol. The molecule has 222 valence electrons. The molecule has 0 saturated carbocycles. The van der Waals surface area contributed by atoms with E-state index in [1.165, 1.54) is 6.07 Å². The first-order valence-electron chi connectivity index (χ1n) is 14.4. The minimum absolute atomic E-state index is 0.0473. The number of hydrogen-bond donors (Lipinski definition) is 3. The summed E-state index contributed by atoms with van der Waals surface area (Å²) in [4.78, 5) is 30.4. The third kappa shape index (κ3) is 6.00. The van der Waals surface area contributed by atoms with Crippen LogP contribution in [0.5, 0.6) is 0 Å². The molecule has 3 N–H and O–H groups in total. The Labute approximate surface area is 251 Å². The van der Waals surface area contributed by atoms with Crippen molar-refractivity contribution in [2.45, 2.75) is 63.5 Å². The topological polar surface area (TPSA) is 82.7 Å². The molecule has 7 nitrogen and oxygen atoms in total. The van der Waals surface area contributed by atoms with Gasteiger partial charge in [0.15, 0.2) is 0 Å². The zero-order valence-electron chi connectivity index (χ0n) is 23.9. The van der Waals surface area contributed by atoms with Gasteiger partial charge in [-0.15, -0.1) is 0 Å². The van der Waals surface area contributed by atoms with E-state index in [4.69, 9.17) is 27.9 Å². The lowest BCUT2D eigenvalue weighted by Crippen LogP contribution is -2.49. The summed E-state index contributed by atoms with van der Waals surface area (Å²) in [7, 11) is 0. The molecule has 4 atom stereocenters. The van der Waals surface area contributed by atoms with E-state index in [1.807, 2.05) is 6.07 Å². The number of amides is 2. The number of rotatable bonds is 8. The van der Waals surface area contributed by atoms with Crippen molar-refractivity contribution in [3.63, 3.8) is 0 Å². The second-order valence-electron chi connectivity index (χ2n) is 12.5. The van der Waals surface area contributed by atoms with Gasteiger partial charge in [-0.25, -0.2) is 4.39 Å². The Bertz CT molecular complexity index is 1300. The van der Waals surface area contributed by atoms with Crippen molar-refractivity contribution in [3.8, 4) is 0 Å². The quantitative estimate of drug-likeness (QED) is 0.365. The maximum absolute atomic E-state index is 15.8. The number of carbonyl (C=O) groups is 2. The van der Waals surface area contributed by atoms with E-state index >= 15 is 4.39 Å². The summed E-state index contributed by atoms with van der Waals surface area (Å²) in [6.07, 6.45) is 2.33. The third-order valence-electron chi connectivity index (χ3n) is 8.53. The fourth-order valence-corrected chi connectivity index (χ4v) is 7.11. The Hall–Kier alpha value is -2.23. The van der Waals surface area contributed by atoms with Crippen LogP contribution in [0.4, 0.5) is 10.1 Å². The van der Waals surface area contributed by atoms with Crippen LogP contribution in [0.2, 0.25) is 10.0 Å².